The van der Waals surface area contributed by atoms with Crippen LogP contribution in [0.15, 0.2) is 23.0 Å². The van der Waals surface area contributed by atoms with E-state index in [1.54, 1.807) is 17.5 Å². The number of rotatable bonds is 4. The fraction of sp³-hybridized carbons (Fsp3) is 0.286. The molecule has 2 aromatic rings. The van der Waals surface area contributed by atoms with E-state index in [1.807, 2.05) is 23.8 Å². The summed E-state index contributed by atoms with van der Waals surface area (Å²) in [5.74, 6) is 5.80. The fourth-order valence-electron chi connectivity index (χ4n) is 1.62. The van der Waals surface area contributed by atoms with E-state index in [1.165, 1.54) is 11.3 Å². The molecule has 0 spiro atoms. The molecule has 2 heterocycles. The lowest BCUT2D eigenvalue weighted by atomic mass is 10.2. The molecule has 2 rings (SSSR count). The van der Waals surface area contributed by atoms with Gasteiger partial charge < -0.3 is 11.1 Å². The van der Waals surface area contributed by atoms with Crippen molar-refractivity contribution in [2.45, 2.75) is 12.8 Å². The lowest BCUT2D eigenvalue weighted by molar-refractivity contribution is 0.0955. The Balaban J connectivity index is 1.97. The molecule has 20 heavy (non-hydrogen) atoms. The summed E-state index contributed by atoms with van der Waals surface area (Å²) < 4.78 is 0. The van der Waals surface area contributed by atoms with E-state index in [4.69, 9.17) is 5.73 Å². The Kier molecular flexibility index (Phi) is 5.30. The predicted molar refractivity (Wildman–Crippen MR) is 83.1 cm³/mol. The molecule has 0 fully saturated rings. The van der Waals surface area contributed by atoms with Crippen molar-refractivity contribution in [3.05, 3.63) is 38.5 Å². The van der Waals surface area contributed by atoms with Crippen molar-refractivity contribution in [2.75, 3.05) is 13.1 Å². The first kappa shape index (κ1) is 14.7. The van der Waals surface area contributed by atoms with E-state index in [2.05, 4.69) is 22.1 Å². The normalized spacial score (nSPS) is 11.5. The van der Waals surface area contributed by atoms with E-state index in [-0.39, 0.29) is 18.4 Å². The molecule has 0 aliphatic heterocycles. The molecule has 1 unspecified atom stereocenters. The summed E-state index contributed by atoms with van der Waals surface area (Å²) in [5.41, 5.74) is 6.08. The molecule has 0 bridgehead atoms. The molecule has 0 saturated carbocycles. The number of amides is 1. The van der Waals surface area contributed by atoms with Gasteiger partial charge in [-0.3, -0.25) is 4.79 Å². The summed E-state index contributed by atoms with van der Waals surface area (Å²) in [6.45, 7) is 2.90. The lowest BCUT2D eigenvalue weighted by Crippen LogP contribution is -2.27. The van der Waals surface area contributed by atoms with Crippen molar-refractivity contribution >= 4 is 28.6 Å². The van der Waals surface area contributed by atoms with Crippen LogP contribution in [0.3, 0.4) is 0 Å². The zero-order chi connectivity index (χ0) is 14.4. The summed E-state index contributed by atoms with van der Waals surface area (Å²) in [7, 11) is 0. The number of carbonyl (C=O) groups is 1. The number of hydrogen-bond donors (Lipinski definition) is 2. The Bertz CT molecular complexity index is 622. The van der Waals surface area contributed by atoms with Crippen LogP contribution in [0.25, 0.3) is 0 Å². The lowest BCUT2D eigenvalue weighted by Gasteiger charge is -2.09. The van der Waals surface area contributed by atoms with Gasteiger partial charge in [-0.15, -0.1) is 22.7 Å². The topological polar surface area (TPSA) is 68.0 Å². The highest BCUT2D eigenvalue weighted by Gasteiger charge is 2.14. The van der Waals surface area contributed by atoms with Gasteiger partial charge in [0.05, 0.1) is 11.6 Å². The van der Waals surface area contributed by atoms with Gasteiger partial charge >= 0.3 is 0 Å². The highest BCUT2D eigenvalue weighted by atomic mass is 32.1. The Labute approximate surface area is 126 Å². The van der Waals surface area contributed by atoms with E-state index in [9.17, 15) is 4.79 Å². The molecule has 1 amide bonds. The number of nitrogens with one attached hydrogen (secondary N) is 1. The van der Waals surface area contributed by atoms with Crippen LogP contribution in [0.4, 0.5) is 0 Å². The maximum absolute atomic E-state index is 12.1. The number of nitrogens with two attached hydrogens (primary N) is 1. The second-order valence-electron chi connectivity index (χ2n) is 4.15. The van der Waals surface area contributed by atoms with E-state index < -0.39 is 0 Å². The van der Waals surface area contributed by atoms with Gasteiger partial charge in [0.15, 0.2) is 0 Å². The number of carbonyl (C=O) groups excluding carboxylic acids is 1. The molecule has 0 saturated heterocycles. The van der Waals surface area contributed by atoms with Crippen LogP contribution < -0.4 is 11.1 Å². The molecule has 2 aromatic heterocycles. The summed E-state index contributed by atoms with van der Waals surface area (Å²) in [6.07, 6.45) is 1.78. The van der Waals surface area contributed by atoms with Gasteiger partial charge in [-0.2, -0.15) is 0 Å². The van der Waals surface area contributed by atoms with Gasteiger partial charge in [-0.05, 0) is 11.4 Å². The number of thiazole rings is 1. The second kappa shape index (κ2) is 7.20. The highest BCUT2D eigenvalue weighted by Crippen LogP contribution is 2.18. The van der Waals surface area contributed by atoms with Crippen LogP contribution in [-0.2, 0) is 0 Å². The summed E-state index contributed by atoms with van der Waals surface area (Å²) in [6, 6.07) is 1.84. The molecule has 3 N–H and O–H groups in total. The number of nitrogens with zero attached hydrogens (tertiary/aromatic N) is 1. The Morgan fingerprint density at radius 3 is 3.05 bits per heavy atom. The van der Waals surface area contributed by atoms with Crippen LogP contribution in [0.5, 0.6) is 0 Å². The third-order valence-electron chi connectivity index (χ3n) is 2.64. The largest absolute Gasteiger partial charge is 0.351 e. The second-order valence-corrected chi connectivity index (χ2v) is 5.99. The van der Waals surface area contributed by atoms with Crippen LogP contribution in [0.1, 0.15) is 33.1 Å². The first-order valence-electron chi connectivity index (χ1n) is 6.16. The molecular formula is C14H15N3OS2. The SMILES string of the molecule is CC(CNC(=O)c1sccc1C#CCN)c1nccs1. The van der Waals surface area contributed by atoms with Crippen molar-refractivity contribution in [2.24, 2.45) is 5.73 Å². The van der Waals surface area contributed by atoms with E-state index >= 15 is 0 Å². The van der Waals surface area contributed by atoms with Crippen molar-refractivity contribution < 1.29 is 4.79 Å². The molecule has 0 aromatic carbocycles. The van der Waals surface area contributed by atoms with Crippen molar-refractivity contribution in [3.8, 4) is 11.8 Å². The Morgan fingerprint density at radius 2 is 2.35 bits per heavy atom. The summed E-state index contributed by atoms with van der Waals surface area (Å²) in [4.78, 5) is 17.0. The average Bonchev–Trinajstić information content (AvgIpc) is 3.12. The molecule has 0 aliphatic carbocycles. The Hall–Kier alpha value is -1.68. The first-order valence-corrected chi connectivity index (χ1v) is 7.92. The van der Waals surface area contributed by atoms with Gasteiger partial charge in [-0.1, -0.05) is 18.8 Å². The minimum Gasteiger partial charge on any atom is -0.351 e. The first-order chi connectivity index (χ1) is 9.72. The zero-order valence-corrected chi connectivity index (χ0v) is 12.7. The molecule has 104 valence electrons. The monoisotopic (exact) mass is 305 g/mol. The third kappa shape index (κ3) is 3.67. The maximum atomic E-state index is 12.1. The number of hydrogen-bond acceptors (Lipinski definition) is 5. The third-order valence-corrected chi connectivity index (χ3v) is 4.56. The van der Waals surface area contributed by atoms with Gasteiger partial charge in [0.1, 0.15) is 4.88 Å². The molecule has 0 aliphatic rings. The minimum absolute atomic E-state index is 0.0928. The molecule has 4 nitrogen and oxygen atoms in total. The standard InChI is InChI=1S/C14H15N3OS2/c1-10(14-16-6-8-20-14)9-17-13(18)12-11(3-2-5-15)4-7-19-12/h4,6-8,10H,5,9,15H2,1H3,(H,17,18). The smallest absolute Gasteiger partial charge is 0.262 e. The molecule has 1 atom stereocenters. The number of thiophene rings is 1. The van der Waals surface area contributed by atoms with Crippen molar-refractivity contribution in [1.29, 1.82) is 0 Å². The summed E-state index contributed by atoms with van der Waals surface area (Å²) in [5, 5.41) is 7.76. The minimum atomic E-state index is -0.0928. The fourth-order valence-corrected chi connectivity index (χ4v) is 3.08. The van der Waals surface area contributed by atoms with Crippen LogP contribution in [0, 0.1) is 11.8 Å². The predicted octanol–water partition coefficient (Wildman–Crippen LogP) is 2.05. The van der Waals surface area contributed by atoms with Gasteiger partial charge in [0, 0.05) is 29.6 Å². The molecular weight excluding hydrogens is 290 g/mol. The highest BCUT2D eigenvalue weighted by molar-refractivity contribution is 7.12. The maximum Gasteiger partial charge on any atom is 0.262 e. The van der Waals surface area contributed by atoms with E-state index in [0.29, 0.717) is 11.4 Å². The van der Waals surface area contributed by atoms with Crippen LogP contribution in [0.2, 0.25) is 0 Å². The van der Waals surface area contributed by atoms with Crippen molar-refractivity contribution in [1.82, 2.24) is 10.3 Å². The van der Waals surface area contributed by atoms with Gasteiger partial charge in [0.2, 0.25) is 0 Å². The zero-order valence-electron chi connectivity index (χ0n) is 11.1. The van der Waals surface area contributed by atoms with Gasteiger partial charge in [-0.25, -0.2) is 4.98 Å². The molecule has 0 radical (unpaired) electrons. The quantitative estimate of drug-likeness (QED) is 0.850. The van der Waals surface area contributed by atoms with Gasteiger partial charge in [0.25, 0.3) is 5.91 Å². The van der Waals surface area contributed by atoms with Crippen LogP contribution >= 0.6 is 22.7 Å². The number of aromatic nitrogens is 1. The van der Waals surface area contributed by atoms with E-state index in [0.717, 1.165) is 10.6 Å². The average molecular weight is 305 g/mol. The summed E-state index contributed by atoms with van der Waals surface area (Å²) >= 11 is 2.99. The Morgan fingerprint density at radius 1 is 1.50 bits per heavy atom. The molecule has 6 heteroatoms. The van der Waals surface area contributed by atoms with Crippen molar-refractivity contribution in [3.63, 3.8) is 0 Å². The van der Waals surface area contributed by atoms with Crippen LogP contribution in [-0.4, -0.2) is 24.0 Å².